The van der Waals surface area contributed by atoms with E-state index in [0.717, 1.165) is 23.3 Å². The highest BCUT2D eigenvalue weighted by atomic mass is 32.2. The van der Waals surface area contributed by atoms with Gasteiger partial charge in [-0.1, -0.05) is 13.3 Å². The molecule has 0 bridgehead atoms. The van der Waals surface area contributed by atoms with Gasteiger partial charge in [0.2, 0.25) is 11.9 Å². The van der Waals surface area contributed by atoms with Gasteiger partial charge >= 0.3 is 5.97 Å². The van der Waals surface area contributed by atoms with Crippen LogP contribution in [-0.2, 0) is 30.8 Å². The number of benzene rings is 1. The Balaban J connectivity index is 1.97. The maximum absolute atomic E-state index is 13.3. The van der Waals surface area contributed by atoms with Crippen LogP contribution in [0.15, 0.2) is 4.90 Å². The third-order valence-corrected chi connectivity index (χ3v) is 8.50. The average molecular weight is 554 g/mol. The van der Waals surface area contributed by atoms with Gasteiger partial charge in [-0.15, -0.1) is 0 Å². The predicted octanol–water partition coefficient (Wildman–Crippen LogP) is 2.08. The van der Waals surface area contributed by atoms with Crippen LogP contribution in [0.25, 0.3) is 0 Å². The summed E-state index contributed by atoms with van der Waals surface area (Å²) in [5.74, 6) is -0.615. The van der Waals surface area contributed by atoms with Crippen LogP contribution in [-0.4, -0.2) is 57.6 Å². The van der Waals surface area contributed by atoms with Crippen molar-refractivity contribution in [3.05, 3.63) is 22.3 Å². The fourth-order valence-corrected chi connectivity index (χ4v) is 6.12. The SMILES string of the molecule is CCC[C@H](NC(=O)[C@H](N)CCCNC(=N)NS(=O)(=O)c1c(C)c(C)c2c(c1C)CCC(C)(C)O2)C(=O)OC. The molecule has 12 heteroatoms. The monoisotopic (exact) mass is 553 g/mol. The zero-order valence-electron chi connectivity index (χ0n) is 23.5. The van der Waals surface area contributed by atoms with Crippen molar-refractivity contribution in [1.82, 2.24) is 15.4 Å². The number of hydrogen-bond acceptors (Lipinski definition) is 8. The van der Waals surface area contributed by atoms with Crippen molar-refractivity contribution in [1.29, 1.82) is 5.41 Å². The van der Waals surface area contributed by atoms with Gasteiger partial charge in [0.15, 0.2) is 0 Å². The van der Waals surface area contributed by atoms with Crippen molar-refractivity contribution in [2.45, 2.75) is 103 Å². The Morgan fingerprint density at radius 1 is 1.16 bits per heavy atom. The van der Waals surface area contributed by atoms with E-state index in [2.05, 4.69) is 15.4 Å². The third-order valence-electron chi connectivity index (χ3n) is 6.88. The summed E-state index contributed by atoms with van der Waals surface area (Å²) in [6.45, 7) is 11.5. The molecule has 1 aromatic carbocycles. The van der Waals surface area contributed by atoms with E-state index in [-0.39, 0.29) is 29.4 Å². The molecule has 2 atom stereocenters. The van der Waals surface area contributed by atoms with Crippen molar-refractivity contribution >= 4 is 27.9 Å². The number of sulfonamides is 1. The normalized spacial score (nSPS) is 15.9. The lowest BCUT2D eigenvalue weighted by Gasteiger charge is -2.35. The number of rotatable bonds is 11. The Morgan fingerprint density at radius 2 is 1.82 bits per heavy atom. The van der Waals surface area contributed by atoms with Crippen LogP contribution >= 0.6 is 0 Å². The zero-order chi connectivity index (χ0) is 28.8. The molecule has 38 heavy (non-hydrogen) atoms. The lowest BCUT2D eigenvalue weighted by molar-refractivity contribution is -0.145. The van der Waals surface area contributed by atoms with E-state index in [1.807, 2.05) is 27.7 Å². The standard InChI is InChI=1S/C26H43N5O6S/c1-8-10-20(24(33)36-7)30-23(32)19(27)11-9-14-29-25(28)31-38(34,35)22-16(3)15(2)21-18(17(22)4)12-13-26(5,6)37-21/h19-20H,8-14,27H2,1-7H3,(H,30,32)(H3,28,29,31)/t19-,20+/m1/s1. The summed E-state index contributed by atoms with van der Waals surface area (Å²) < 4.78 is 39.8. The van der Waals surface area contributed by atoms with Gasteiger partial charge in [0.25, 0.3) is 10.0 Å². The number of esters is 1. The predicted molar refractivity (Wildman–Crippen MR) is 146 cm³/mol. The van der Waals surface area contributed by atoms with E-state index < -0.39 is 34.0 Å². The molecule has 214 valence electrons. The first-order valence-corrected chi connectivity index (χ1v) is 14.4. The maximum atomic E-state index is 13.3. The van der Waals surface area contributed by atoms with E-state index in [9.17, 15) is 18.0 Å². The van der Waals surface area contributed by atoms with Crippen molar-refractivity contribution in [3.8, 4) is 5.75 Å². The molecule has 6 N–H and O–H groups in total. The second-order valence-corrected chi connectivity index (χ2v) is 12.0. The Hall–Kier alpha value is -2.86. The highest BCUT2D eigenvalue weighted by molar-refractivity contribution is 7.90. The van der Waals surface area contributed by atoms with E-state index in [1.54, 1.807) is 13.8 Å². The van der Waals surface area contributed by atoms with Crippen molar-refractivity contribution in [3.63, 3.8) is 0 Å². The Bertz CT molecular complexity index is 1170. The van der Waals surface area contributed by atoms with Crippen LogP contribution in [0.1, 0.15) is 75.1 Å². The Kier molecular flexibility index (Phi) is 10.6. The second kappa shape index (κ2) is 12.8. The van der Waals surface area contributed by atoms with Crippen LogP contribution in [0, 0.1) is 26.2 Å². The summed E-state index contributed by atoms with van der Waals surface area (Å²) in [7, 11) is -2.77. The van der Waals surface area contributed by atoms with Crippen LogP contribution in [0.4, 0.5) is 0 Å². The molecular formula is C26H43N5O6S. The fourth-order valence-electron chi connectivity index (χ4n) is 4.60. The van der Waals surface area contributed by atoms with Crippen LogP contribution in [0.5, 0.6) is 5.75 Å². The quantitative estimate of drug-likeness (QED) is 0.120. The number of nitrogens with two attached hydrogens (primary N) is 1. The summed E-state index contributed by atoms with van der Waals surface area (Å²) in [5, 5.41) is 13.4. The number of hydrogen-bond donors (Lipinski definition) is 5. The minimum absolute atomic E-state index is 0.162. The van der Waals surface area contributed by atoms with Crippen molar-refractivity contribution < 1.29 is 27.5 Å². The van der Waals surface area contributed by atoms with E-state index >= 15 is 0 Å². The number of carbonyl (C=O) groups is 2. The molecule has 1 aliphatic rings. The Morgan fingerprint density at radius 3 is 2.42 bits per heavy atom. The fraction of sp³-hybridized carbons (Fsp3) is 0.654. The molecule has 0 saturated carbocycles. The van der Waals surface area contributed by atoms with Crippen molar-refractivity contribution in [2.75, 3.05) is 13.7 Å². The third kappa shape index (κ3) is 7.59. The van der Waals surface area contributed by atoms with Gasteiger partial charge in [0.1, 0.15) is 17.4 Å². The van der Waals surface area contributed by atoms with E-state index in [0.29, 0.717) is 36.8 Å². The zero-order valence-corrected chi connectivity index (χ0v) is 24.4. The van der Waals surface area contributed by atoms with E-state index in [4.69, 9.17) is 20.6 Å². The minimum Gasteiger partial charge on any atom is -0.487 e. The minimum atomic E-state index is -4.03. The molecule has 0 unspecified atom stereocenters. The van der Waals surface area contributed by atoms with Gasteiger partial charge in [0.05, 0.1) is 18.0 Å². The lowest BCUT2D eigenvalue weighted by Crippen LogP contribution is -2.49. The van der Waals surface area contributed by atoms with Gasteiger partial charge in [-0.2, -0.15) is 0 Å². The molecule has 1 amide bonds. The molecule has 0 radical (unpaired) electrons. The molecule has 1 heterocycles. The molecule has 0 saturated heterocycles. The molecule has 0 aromatic heterocycles. The summed E-state index contributed by atoms with van der Waals surface area (Å²) in [5.41, 5.74) is 8.51. The molecule has 0 fully saturated rings. The van der Waals surface area contributed by atoms with Gasteiger partial charge in [0, 0.05) is 6.54 Å². The average Bonchev–Trinajstić information content (AvgIpc) is 2.83. The number of guanidine groups is 1. The molecule has 11 nitrogen and oxygen atoms in total. The highest BCUT2D eigenvalue weighted by Crippen LogP contribution is 2.42. The topological polar surface area (TPSA) is 173 Å². The Labute approximate surface area is 226 Å². The molecule has 1 aromatic rings. The molecule has 0 spiro atoms. The number of nitrogens with one attached hydrogen (secondary N) is 4. The molecule has 2 rings (SSSR count). The molecular weight excluding hydrogens is 510 g/mol. The highest BCUT2D eigenvalue weighted by Gasteiger charge is 2.33. The van der Waals surface area contributed by atoms with E-state index in [1.165, 1.54) is 7.11 Å². The van der Waals surface area contributed by atoms with Gasteiger partial charge in [-0.3, -0.25) is 10.2 Å². The van der Waals surface area contributed by atoms with Crippen LogP contribution in [0.3, 0.4) is 0 Å². The summed E-state index contributed by atoms with van der Waals surface area (Å²) >= 11 is 0. The molecule has 0 aliphatic carbocycles. The van der Waals surface area contributed by atoms with Crippen LogP contribution in [0.2, 0.25) is 0 Å². The molecule has 1 aliphatic heterocycles. The number of carbonyl (C=O) groups excluding carboxylic acids is 2. The smallest absolute Gasteiger partial charge is 0.328 e. The first kappa shape index (κ1) is 31.4. The first-order chi connectivity index (χ1) is 17.6. The largest absolute Gasteiger partial charge is 0.487 e. The number of amides is 1. The number of ether oxygens (including phenoxy) is 2. The summed E-state index contributed by atoms with van der Waals surface area (Å²) in [6, 6.07) is -1.61. The lowest BCUT2D eigenvalue weighted by atomic mass is 9.88. The maximum Gasteiger partial charge on any atom is 0.328 e. The first-order valence-electron chi connectivity index (χ1n) is 13.0. The summed E-state index contributed by atoms with van der Waals surface area (Å²) in [6.07, 6.45) is 3.29. The van der Waals surface area contributed by atoms with Crippen LogP contribution < -0.4 is 25.8 Å². The van der Waals surface area contributed by atoms with Gasteiger partial charge in [-0.05, 0) is 89.0 Å². The van der Waals surface area contributed by atoms with Gasteiger partial charge in [-0.25, -0.2) is 17.9 Å². The van der Waals surface area contributed by atoms with Crippen molar-refractivity contribution in [2.24, 2.45) is 5.73 Å². The number of methoxy groups -OCH3 is 1. The number of fused-ring (bicyclic) bond motifs is 1. The second-order valence-electron chi connectivity index (χ2n) is 10.4. The van der Waals surface area contributed by atoms with Gasteiger partial charge < -0.3 is 25.8 Å². The summed E-state index contributed by atoms with van der Waals surface area (Å²) in [4.78, 5) is 24.3.